The Bertz CT molecular complexity index is 843. The van der Waals surface area contributed by atoms with Crippen molar-refractivity contribution < 1.29 is 23.1 Å². The number of benzene rings is 2. The Hall–Kier alpha value is -2.27. The average molecular weight is 393 g/mol. The molecule has 6 heteroatoms. The van der Waals surface area contributed by atoms with E-state index in [0.717, 1.165) is 0 Å². The van der Waals surface area contributed by atoms with E-state index in [1.54, 1.807) is 12.1 Å². The Labute approximate surface area is 161 Å². The number of hydrogen-bond donors (Lipinski definition) is 0. The van der Waals surface area contributed by atoms with Crippen LogP contribution in [0.3, 0.4) is 0 Å². The molecule has 1 saturated carbocycles. The Kier molecular flexibility index (Phi) is 6.22. The quantitative estimate of drug-likeness (QED) is 0.372. The highest BCUT2D eigenvalue weighted by molar-refractivity contribution is 6.33. The summed E-state index contributed by atoms with van der Waals surface area (Å²) in [4.78, 5) is 24.2. The standard InChI is InChI=1S/C21H19ClF2O3/c22-17-11-19(24)18(23)10-16(17)21(26)27-12-20(25)15-8-6-14(7-9-15)13-4-2-1-3-5-13/h6-11,13H,1-5,12H2. The lowest BCUT2D eigenvalue weighted by Crippen LogP contribution is -2.15. The number of rotatable bonds is 5. The van der Waals surface area contributed by atoms with Crippen LogP contribution < -0.4 is 0 Å². The van der Waals surface area contributed by atoms with E-state index in [2.05, 4.69) is 0 Å². The smallest absolute Gasteiger partial charge is 0.340 e. The van der Waals surface area contributed by atoms with Gasteiger partial charge in [0.2, 0.25) is 0 Å². The molecule has 0 radical (unpaired) electrons. The van der Waals surface area contributed by atoms with Crippen LogP contribution >= 0.6 is 11.6 Å². The fourth-order valence-corrected chi connectivity index (χ4v) is 3.58. The molecule has 2 aromatic rings. The number of ketones is 1. The van der Waals surface area contributed by atoms with Crippen LogP contribution in [0.25, 0.3) is 0 Å². The molecule has 0 aliphatic heterocycles. The van der Waals surface area contributed by atoms with Gasteiger partial charge in [-0.25, -0.2) is 13.6 Å². The van der Waals surface area contributed by atoms with E-state index >= 15 is 0 Å². The van der Waals surface area contributed by atoms with Gasteiger partial charge in [-0.1, -0.05) is 55.1 Å². The van der Waals surface area contributed by atoms with Gasteiger partial charge in [0.25, 0.3) is 0 Å². The summed E-state index contributed by atoms with van der Waals surface area (Å²) in [5.41, 5.74) is 1.33. The zero-order chi connectivity index (χ0) is 19.4. The summed E-state index contributed by atoms with van der Waals surface area (Å²) in [6.45, 7) is -0.503. The molecule has 1 aliphatic rings. The molecule has 27 heavy (non-hydrogen) atoms. The fourth-order valence-electron chi connectivity index (χ4n) is 3.35. The Morgan fingerprint density at radius 3 is 2.30 bits per heavy atom. The van der Waals surface area contributed by atoms with Gasteiger partial charge in [-0.3, -0.25) is 4.79 Å². The number of Topliss-reactive ketones (excluding diaryl/α,β-unsaturated/α-hetero) is 1. The second-order valence-corrected chi connectivity index (χ2v) is 7.11. The lowest BCUT2D eigenvalue weighted by molar-refractivity contribution is 0.0474. The molecule has 0 N–H and O–H groups in total. The third-order valence-electron chi connectivity index (χ3n) is 4.87. The van der Waals surface area contributed by atoms with Crippen LogP contribution in [-0.4, -0.2) is 18.4 Å². The normalized spacial score (nSPS) is 14.8. The summed E-state index contributed by atoms with van der Waals surface area (Å²) < 4.78 is 31.2. The number of esters is 1. The number of carbonyl (C=O) groups is 2. The van der Waals surface area contributed by atoms with Crippen molar-refractivity contribution in [2.75, 3.05) is 6.61 Å². The highest BCUT2D eigenvalue weighted by atomic mass is 35.5. The van der Waals surface area contributed by atoms with E-state index in [1.165, 1.54) is 37.7 Å². The average Bonchev–Trinajstić information content (AvgIpc) is 2.69. The van der Waals surface area contributed by atoms with Crippen LogP contribution in [0.1, 0.15) is 64.3 Å². The summed E-state index contributed by atoms with van der Waals surface area (Å²) in [6, 6.07) is 8.69. The number of halogens is 3. The SMILES string of the molecule is O=C(COC(=O)c1cc(F)c(F)cc1Cl)c1ccc(C2CCCCC2)cc1. The van der Waals surface area contributed by atoms with E-state index in [1.807, 2.05) is 12.1 Å². The molecule has 1 aliphatic carbocycles. The maximum absolute atomic E-state index is 13.3. The molecular formula is C21H19ClF2O3. The molecule has 0 atom stereocenters. The molecule has 0 amide bonds. The first kappa shape index (κ1) is 19.5. The molecule has 0 aromatic heterocycles. The first-order valence-electron chi connectivity index (χ1n) is 8.90. The summed E-state index contributed by atoms with van der Waals surface area (Å²) in [7, 11) is 0. The predicted octanol–water partition coefficient (Wildman–Crippen LogP) is 5.71. The van der Waals surface area contributed by atoms with Gasteiger partial charge < -0.3 is 4.74 Å². The first-order chi connectivity index (χ1) is 13.0. The molecule has 0 saturated heterocycles. The molecule has 3 rings (SSSR count). The molecule has 0 heterocycles. The second kappa shape index (κ2) is 8.61. The van der Waals surface area contributed by atoms with Crippen molar-refractivity contribution in [2.24, 2.45) is 0 Å². The largest absolute Gasteiger partial charge is 0.454 e. The molecule has 0 spiro atoms. The van der Waals surface area contributed by atoms with Crippen molar-refractivity contribution in [3.63, 3.8) is 0 Å². The fraction of sp³-hybridized carbons (Fsp3) is 0.333. The van der Waals surface area contributed by atoms with E-state index < -0.39 is 24.2 Å². The Morgan fingerprint density at radius 1 is 1.00 bits per heavy atom. The summed E-state index contributed by atoms with van der Waals surface area (Å²) in [5, 5.41) is -0.275. The van der Waals surface area contributed by atoms with E-state index in [-0.39, 0.29) is 16.4 Å². The summed E-state index contributed by atoms with van der Waals surface area (Å²) in [5.74, 6) is -3.19. The highest BCUT2D eigenvalue weighted by Crippen LogP contribution is 2.32. The maximum atomic E-state index is 13.3. The van der Waals surface area contributed by atoms with E-state index in [9.17, 15) is 18.4 Å². The molecule has 1 fully saturated rings. The van der Waals surface area contributed by atoms with Crippen LogP contribution in [0.5, 0.6) is 0 Å². The third-order valence-corrected chi connectivity index (χ3v) is 5.19. The Morgan fingerprint density at radius 2 is 1.63 bits per heavy atom. The minimum absolute atomic E-state index is 0.275. The number of ether oxygens (including phenoxy) is 1. The maximum Gasteiger partial charge on any atom is 0.340 e. The topological polar surface area (TPSA) is 43.4 Å². The summed E-state index contributed by atoms with van der Waals surface area (Å²) >= 11 is 5.73. The number of hydrogen-bond acceptors (Lipinski definition) is 3. The van der Waals surface area contributed by atoms with Crippen molar-refractivity contribution in [1.29, 1.82) is 0 Å². The monoisotopic (exact) mass is 392 g/mol. The van der Waals surface area contributed by atoms with E-state index in [0.29, 0.717) is 23.6 Å². The molecule has 0 unspecified atom stereocenters. The van der Waals surface area contributed by atoms with Gasteiger partial charge in [-0.15, -0.1) is 0 Å². The van der Waals surface area contributed by atoms with Crippen LogP contribution in [0.4, 0.5) is 8.78 Å². The summed E-state index contributed by atoms with van der Waals surface area (Å²) in [6.07, 6.45) is 6.07. The molecule has 142 valence electrons. The molecule has 3 nitrogen and oxygen atoms in total. The van der Waals surface area contributed by atoms with Crippen molar-refractivity contribution in [2.45, 2.75) is 38.0 Å². The van der Waals surface area contributed by atoms with Gasteiger partial charge >= 0.3 is 5.97 Å². The second-order valence-electron chi connectivity index (χ2n) is 6.70. The van der Waals surface area contributed by atoms with Gasteiger partial charge in [0.15, 0.2) is 24.0 Å². The predicted molar refractivity (Wildman–Crippen MR) is 98.2 cm³/mol. The Balaban J connectivity index is 1.60. The van der Waals surface area contributed by atoms with Crippen LogP contribution in [0.15, 0.2) is 36.4 Å². The van der Waals surface area contributed by atoms with Gasteiger partial charge in [0.05, 0.1) is 10.6 Å². The number of carbonyl (C=O) groups excluding carboxylic acids is 2. The zero-order valence-corrected chi connectivity index (χ0v) is 15.4. The minimum Gasteiger partial charge on any atom is -0.454 e. The van der Waals surface area contributed by atoms with Gasteiger partial charge in [-0.05, 0) is 36.5 Å². The van der Waals surface area contributed by atoms with E-state index in [4.69, 9.17) is 16.3 Å². The molecule has 0 bridgehead atoms. The first-order valence-corrected chi connectivity index (χ1v) is 9.28. The minimum atomic E-state index is -1.21. The van der Waals surface area contributed by atoms with Crippen molar-refractivity contribution in [3.05, 3.63) is 69.7 Å². The lowest BCUT2D eigenvalue weighted by Gasteiger charge is -2.22. The van der Waals surface area contributed by atoms with Gasteiger partial charge in [0, 0.05) is 5.56 Å². The van der Waals surface area contributed by atoms with Crippen molar-refractivity contribution in [1.82, 2.24) is 0 Å². The van der Waals surface area contributed by atoms with Gasteiger partial charge in [0.1, 0.15) is 0 Å². The van der Waals surface area contributed by atoms with Crippen LogP contribution in [-0.2, 0) is 4.74 Å². The highest BCUT2D eigenvalue weighted by Gasteiger charge is 2.19. The van der Waals surface area contributed by atoms with Crippen molar-refractivity contribution in [3.8, 4) is 0 Å². The van der Waals surface area contributed by atoms with Crippen LogP contribution in [0.2, 0.25) is 5.02 Å². The van der Waals surface area contributed by atoms with Crippen molar-refractivity contribution >= 4 is 23.4 Å². The molecule has 2 aromatic carbocycles. The zero-order valence-electron chi connectivity index (χ0n) is 14.6. The third kappa shape index (κ3) is 4.72. The molecular weight excluding hydrogens is 374 g/mol. The van der Waals surface area contributed by atoms with Crippen LogP contribution in [0, 0.1) is 11.6 Å². The lowest BCUT2D eigenvalue weighted by atomic mass is 9.84. The van der Waals surface area contributed by atoms with Gasteiger partial charge in [-0.2, -0.15) is 0 Å².